The molecule has 0 radical (unpaired) electrons. The van der Waals surface area contributed by atoms with Gasteiger partial charge in [0, 0.05) is 23.3 Å². The number of halogens is 1. The van der Waals surface area contributed by atoms with Crippen LogP contribution in [-0.4, -0.2) is 12.6 Å². The molecular weight excluding hydrogens is 270 g/mol. The average Bonchev–Trinajstić information content (AvgIpc) is 2.40. The summed E-state index contributed by atoms with van der Waals surface area (Å²) in [7, 11) is 2.09. The minimum atomic E-state index is 0.0958. The Morgan fingerprint density at radius 3 is 1.75 bits per heavy atom. The molecule has 0 bridgehead atoms. The lowest BCUT2D eigenvalue weighted by atomic mass is 10.1. The van der Waals surface area contributed by atoms with Crippen LogP contribution in [0, 0.1) is 0 Å². The van der Waals surface area contributed by atoms with E-state index in [0.717, 1.165) is 11.5 Å². The minimum Gasteiger partial charge on any atom is -0.457 e. The van der Waals surface area contributed by atoms with E-state index in [2.05, 4.69) is 44.9 Å². The van der Waals surface area contributed by atoms with Crippen LogP contribution in [-0.2, 0) is 0 Å². The number of nitrogens with zero attached hydrogens (tertiary/aromatic N) is 1. The molecule has 2 aromatic rings. The highest BCUT2D eigenvalue weighted by atomic mass is 35.5. The molecule has 0 heterocycles. The summed E-state index contributed by atoms with van der Waals surface area (Å²) in [6.45, 7) is 6.56. The van der Waals surface area contributed by atoms with Crippen molar-refractivity contribution in [3.05, 3.63) is 53.6 Å². The summed E-state index contributed by atoms with van der Waals surface area (Å²) >= 11 is 5.85. The molecule has 0 spiro atoms. The third-order valence-electron chi connectivity index (χ3n) is 3.28. The molecule has 2 aromatic carbocycles. The molecule has 20 heavy (non-hydrogen) atoms. The molecule has 0 aliphatic carbocycles. The van der Waals surface area contributed by atoms with Crippen molar-refractivity contribution in [2.24, 2.45) is 0 Å². The van der Waals surface area contributed by atoms with Crippen LogP contribution in [0.2, 0.25) is 5.02 Å². The van der Waals surface area contributed by atoms with E-state index in [9.17, 15) is 0 Å². The first kappa shape index (κ1) is 14.7. The van der Waals surface area contributed by atoms with Gasteiger partial charge in [0.2, 0.25) is 0 Å². The molecule has 0 aliphatic rings. The summed E-state index contributed by atoms with van der Waals surface area (Å²) in [5.74, 6) is 1.60. The highest BCUT2D eigenvalue weighted by Gasteiger charge is 2.17. The van der Waals surface area contributed by atoms with Gasteiger partial charge in [-0.3, -0.25) is 0 Å². The monoisotopic (exact) mass is 289 g/mol. The van der Waals surface area contributed by atoms with E-state index in [1.807, 2.05) is 36.4 Å². The molecule has 106 valence electrons. The fourth-order valence-corrected chi connectivity index (χ4v) is 1.89. The second-order valence-corrected chi connectivity index (χ2v) is 6.22. The number of anilines is 1. The van der Waals surface area contributed by atoms with Crippen molar-refractivity contribution in [2.45, 2.75) is 26.3 Å². The summed E-state index contributed by atoms with van der Waals surface area (Å²) in [5, 5.41) is 0.708. The van der Waals surface area contributed by atoms with E-state index < -0.39 is 0 Å². The Hall–Kier alpha value is -1.67. The summed E-state index contributed by atoms with van der Waals surface area (Å²) in [5.41, 5.74) is 1.26. The van der Waals surface area contributed by atoms with Crippen LogP contribution >= 0.6 is 11.6 Å². The van der Waals surface area contributed by atoms with Crippen LogP contribution in [0.5, 0.6) is 11.5 Å². The standard InChI is InChI=1S/C17H20ClNO/c1-17(2,3)19(4)14-7-11-16(12-8-14)20-15-9-5-13(18)6-10-15/h5-12H,1-4H3. The first-order chi connectivity index (χ1) is 9.36. The van der Waals surface area contributed by atoms with Gasteiger partial charge >= 0.3 is 0 Å². The largest absolute Gasteiger partial charge is 0.457 e. The molecule has 2 nitrogen and oxygen atoms in total. The molecule has 0 aromatic heterocycles. The Bertz CT molecular complexity index is 555. The number of rotatable bonds is 3. The zero-order valence-corrected chi connectivity index (χ0v) is 13.1. The maximum Gasteiger partial charge on any atom is 0.127 e. The SMILES string of the molecule is CN(c1ccc(Oc2ccc(Cl)cc2)cc1)C(C)(C)C. The first-order valence-corrected chi connectivity index (χ1v) is 7.01. The van der Waals surface area contributed by atoms with Crippen LogP contribution in [0.3, 0.4) is 0 Å². The Balaban J connectivity index is 2.10. The van der Waals surface area contributed by atoms with Gasteiger partial charge in [0.05, 0.1) is 0 Å². The third-order valence-corrected chi connectivity index (χ3v) is 3.53. The number of benzene rings is 2. The van der Waals surface area contributed by atoms with Crippen molar-refractivity contribution in [3.8, 4) is 11.5 Å². The van der Waals surface area contributed by atoms with Gasteiger partial charge in [-0.25, -0.2) is 0 Å². The molecule has 3 heteroatoms. The average molecular weight is 290 g/mol. The predicted octanol–water partition coefficient (Wildman–Crippen LogP) is 5.37. The van der Waals surface area contributed by atoms with E-state index in [0.29, 0.717) is 5.02 Å². The molecule has 0 N–H and O–H groups in total. The molecule has 0 atom stereocenters. The lowest BCUT2D eigenvalue weighted by molar-refractivity contribution is 0.482. The highest BCUT2D eigenvalue weighted by Crippen LogP contribution is 2.27. The lowest BCUT2D eigenvalue weighted by Crippen LogP contribution is -2.37. The van der Waals surface area contributed by atoms with Crippen molar-refractivity contribution in [3.63, 3.8) is 0 Å². The van der Waals surface area contributed by atoms with Gasteiger partial charge in [0.1, 0.15) is 11.5 Å². The Morgan fingerprint density at radius 2 is 1.30 bits per heavy atom. The first-order valence-electron chi connectivity index (χ1n) is 6.63. The maximum absolute atomic E-state index is 5.85. The van der Waals surface area contributed by atoms with Crippen molar-refractivity contribution in [1.82, 2.24) is 0 Å². The quantitative estimate of drug-likeness (QED) is 0.753. The predicted molar refractivity (Wildman–Crippen MR) is 86.1 cm³/mol. The number of hydrogen-bond acceptors (Lipinski definition) is 2. The van der Waals surface area contributed by atoms with Gasteiger partial charge in [-0.15, -0.1) is 0 Å². The summed E-state index contributed by atoms with van der Waals surface area (Å²) in [4.78, 5) is 2.24. The van der Waals surface area contributed by atoms with Crippen molar-refractivity contribution in [2.75, 3.05) is 11.9 Å². The normalized spacial score (nSPS) is 11.2. The fourth-order valence-electron chi connectivity index (χ4n) is 1.76. The zero-order chi connectivity index (χ0) is 14.8. The Morgan fingerprint density at radius 1 is 0.850 bits per heavy atom. The smallest absolute Gasteiger partial charge is 0.127 e. The van der Waals surface area contributed by atoms with Gasteiger partial charge in [0.25, 0.3) is 0 Å². The summed E-state index contributed by atoms with van der Waals surface area (Å²) in [6.07, 6.45) is 0. The van der Waals surface area contributed by atoms with Crippen LogP contribution in [0.4, 0.5) is 5.69 Å². The van der Waals surface area contributed by atoms with Gasteiger partial charge in [-0.05, 0) is 69.3 Å². The van der Waals surface area contributed by atoms with Crippen molar-refractivity contribution < 1.29 is 4.74 Å². The van der Waals surface area contributed by atoms with E-state index in [-0.39, 0.29) is 5.54 Å². The van der Waals surface area contributed by atoms with E-state index in [1.54, 1.807) is 0 Å². The van der Waals surface area contributed by atoms with Crippen LogP contribution in [0.25, 0.3) is 0 Å². The van der Waals surface area contributed by atoms with Crippen LogP contribution < -0.4 is 9.64 Å². The van der Waals surface area contributed by atoms with Gasteiger partial charge in [-0.2, -0.15) is 0 Å². The Labute approximate surface area is 125 Å². The Kier molecular flexibility index (Phi) is 4.24. The fraction of sp³-hybridized carbons (Fsp3) is 0.294. The molecule has 0 fully saturated rings. The van der Waals surface area contributed by atoms with Gasteiger partial charge in [-0.1, -0.05) is 11.6 Å². The topological polar surface area (TPSA) is 12.5 Å². The molecule has 2 rings (SSSR count). The molecule has 0 amide bonds. The second kappa shape index (κ2) is 5.76. The lowest BCUT2D eigenvalue weighted by Gasteiger charge is -2.34. The van der Waals surface area contributed by atoms with Crippen LogP contribution in [0.15, 0.2) is 48.5 Å². The molecule has 0 aliphatic heterocycles. The van der Waals surface area contributed by atoms with Crippen molar-refractivity contribution >= 4 is 17.3 Å². The highest BCUT2D eigenvalue weighted by molar-refractivity contribution is 6.30. The van der Waals surface area contributed by atoms with E-state index in [4.69, 9.17) is 16.3 Å². The zero-order valence-electron chi connectivity index (χ0n) is 12.4. The van der Waals surface area contributed by atoms with Crippen LogP contribution in [0.1, 0.15) is 20.8 Å². The minimum absolute atomic E-state index is 0.0958. The summed E-state index contributed by atoms with van der Waals surface area (Å²) < 4.78 is 5.78. The summed E-state index contributed by atoms with van der Waals surface area (Å²) in [6, 6.07) is 15.4. The van der Waals surface area contributed by atoms with Gasteiger partial charge < -0.3 is 9.64 Å². The molecule has 0 saturated carbocycles. The third kappa shape index (κ3) is 3.67. The molecular formula is C17H20ClNO. The number of hydrogen-bond donors (Lipinski definition) is 0. The van der Waals surface area contributed by atoms with Gasteiger partial charge in [0.15, 0.2) is 0 Å². The second-order valence-electron chi connectivity index (χ2n) is 5.78. The van der Waals surface area contributed by atoms with E-state index in [1.165, 1.54) is 5.69 Å². The number of ether oxygens (including phenoxy) is 1. The maximum atomic E-state index is 5.85. The van der Waals surface area contributed by atoms with Crippen molar-refractivity contribution in [1.29, 1.82) is 0 Å². The van der Waals surface area contributed by atoms with E-state index >= 15 is 0 Å². The molecule has 0 saturated heterocycles. The molecule has 0 unspecified atom stereocenters.